The number of hydrogen-bond donors (Lipinski definition) is 3. The van der Waals surface area contributed by atoms with Crippen LogP contribution >= 0.6 is 0 Å². The van der Waals surface area contributed by atoms with Crippen LogP contribution in [-0.2, 0) is 11.2 Å². The first-order valence-corrected chi connectivity index (χ1v) is 11.2. The number of nitrogens with one attached hydrogen (secondary N) is 1. The number of carbonyl (C=O) groups excluding carboxylic acids is 2. The van der Waals surface area contributed by atoms with Crippen molar-refractivity contribution >= 4 is 40.8 Å². The van der Waals surface area contributed by atoms with Crippen LogP contribution in [0.1, 0.15) is 28.5 Å². The highest BCUT2D eigenvalue weighted by Gasteiger charge is 2.20. The molecule has 3 heterocycles. The minimum atomic E-state index is -0.568. The lowest BCUT2D eigenvalue weighted by Crippen LogP contribution is -2.22. The van der Waals surface area contributed by atoms with Gasteiger partial charge in [-0.25, -0.2) is 4.68 Å². The van der Waals surface area contributed by atoms with Gasteiger partial charge in [-0.3, -0.25) is 19.0 Å². The molecular formula is C27H24N6O3. The number of hydrogen-bond acceptors (Lipinski definition) is 6. The highest BCUT2D eigenvalue weighted by Crippen LogP contribution is 2.23. The van der Waals surface area contributed by atoms with Gasteiger partial charge < -0.3 is 16.8 Å². The van der Waals surface area contributed by atoms with E-state index in [9.17, 15) is 14.4 Å². The monoisotopic (exact) mass is 480 g/mol. The van der Waals surface area contributed by atoms with Crippen molar-refractivity contribution in [2.24, 2.45) is 5.73 Å². The van der Waals surface area contributed by atoms with Gasteiger partial charge in [-0.15, -0.1) is 5.10 Å². The molecule has 0 atom stereocenters. The van der Waals surface area contributed by atoms with E-state index in [1.807, 2.05) is 61.5 Å². The molecule has 2 aromatic heterocycles. The smallest absolute Gasteiger partial charge is 0.264 e. The van der Waals surface area contributed by atoms with Crippen LogP contribution in [0.4, 0.5) is 11.6 Å². The summed E-state index contributed by atoms with van der Waals surface area (Å²) >= 11 is 0. The van der Waals surface area contributed by atoms with Crippen LogP contribution in [0.2, 0.25) is 0 Å². The number of fused-ring (bicyclic) bond motifs is 2. The number of aldehydes is 1. The first kappa shape index (κ1) is 24.0. The van der Waals surface area contributed by atoms with Gasteiger partial charge in [0, 0.05) is 29.7 Å². The van der Waals surface area contributed by atoms with Gasteiger partial charge >= 0.3 is 0 Å². The standard InChI is InChI=1S/C20H15NO2.C7H9N5O/c1-2-17-14-16-9-6-8-15(10-7-13-22)19(16)20(23)21(17)18-11-4-3-5-12-18;8-5-4(6(9)13)7-10-2-1-3-12(7)11-5/h3-6,8-9,11-14H,2H2,1H3;1,3,10H,2H2,(H2,8,11)(H2,9,13). The summed E-state index contributed by atoms with van der Waals surface area (Å²) in [7, 11) is 0. The van der Waals surface area contributed by atoms with Crippen LogP contribution < -0.4 is 22.3 Å². The van der Waals surface area contributed by atoms with Gasteiger partial charge in [0.25, 0.3) is 11.5 Å². The van der Waals surface area contributed by atoms with Crippen molar-refractivity contribution in [1.82, 2.24) is 14.3 Å². The molecule has 1 amide bonds. The number of nitrogens with two attached hydrogens (primary N) is 2. The predicted molar refractivity (Wildman–Crippen MR) is 141 cm³/mol. The van der Waals surface area contributed by atoms with E-state index in [0.29, 0.717) is 29.6 Å². The fourth-order valence-electron chi connectivity index (χ4n) is 4.03. The number of aryl methyl sites for hydroxylation is 1. The zero-order valence-corrected chi connectivity index (χ0v) is 19.6. The Kier molecular flexibility index (Phi) is 6.97. The SMILES string of the molecule is CCc1cc2cccc(C#CC=O)c2c(=O)n1-c1ccccc1.NC(=O)c1c(N)nn2c1NCC=C2. The number of nitrogen functional groups attached to an aromatic ring is 1. The fourth-order valence-corrected chi connectivity index (χ4v) is 4.03. The number of pyridine rings is 1. The van der Waals surface area contributed by atoms with Crippen LogP contribution in [0.5, 0.6) is 0 Å². The van der Waals surface area contributed by atoms with Crippen LogP contribution in [0, 0.1) is 11.8 Å². The van der Waals surface area contributed by atoms with Crippen LogP contribution in [0.3, 0.4) is 0 Å². The quantitative estimate of drug-likeness (QED) is 0.304. The molecule has 2 aromatic carbocycles. The van der Waals surface area contributed by atoms with E-state index >= 15 is 0 Å². The van der Waals surface area contributed by atoms with Crippen molar-refractivity contribution in [2.75, 3.05) is 17.6 Å². The molecule has 4 aromatic rings. The summed E-state index contributed by atoms with van der Waals surface area (Å²) < 4.78 is 3.22. The Hall–Kier alpha value is -5.10. The Bertz CT molecular complexity index is 1600. The number of carbonyl (C=O) groups is 2. The van der Waals surface area contributed by atoms with E-state index in [0.717, 1.165) is 23.2 Å². The third-order valence-electron chi connectivity index (χ3n) is 5.58. The fraction of sp³-hybridized carbons (Fsp3) is 0.111. The van der Waals surface area contributed by atoms with Crippen LogP contribution in [-0.4, -0.2) is 33.1 Å². The second-order valence-corrected chi connectivity index (χ2v) is 7.81. The Balaban J connectivity index is 0.000000197. The second kappa shape index (κ2) is 10.4. The largest absolute Gasteiger partial charge is 0.381 e. The van der Waals surface area contributed by atoms with E-state index in [1.54, 1.807) is 16.8 Å². The summed E-state index contributed by atoms with van der Waals surface area (Å²) in [5.74, 6) is 5.30. The maximum atomic E-state index is 13.1. The molecule has 0 saturated carbocycles. The normalized spacial score (nSPS) is 11.4. The van der Waals surface area contributed by atoms with Crippen molar-refractivity contribution in [3.05, 3.63) is 87.8 Å². The first-order chi connectivity index (χ1) is 17.5. The molecule has 1 aliphatic heterocycles. The van der Waals surface area contributed by atoms with Crippen LogP contribution in [0.25, 0.3) is 22.7 Å². The molecule has 5 N–H and O–H groups in total. The number of benzene rings is 2. The molecule has 0 fully saturated rings. The van der Waals surface area contributed by atoms with Gasteiger partial charge in [0.05, 0.1) is 5.39 Å². The summed E-state index contributed by atoms with van der Waals surface area (Å²) in [6.45, 7) is 2.67. The van der Waals surface area contributed by atoms with Gasteiger partial charge in [0.2, 0.25) is 0 Å². The van der Waals surface area contributed by atoms with Crippen LogP contribution in [0.15, 0.2) is 65.5 Å². The zero-order valence-electron chi connectivity index (χ0n) is 19.6. The summed E-state index contributed by atoms with van der Waals surface area (Å²) in [6.07, 6.45) is 4.87. The van der Waals surface area contributed by atoms with E-state index in [1.165, 1.54) is 4.68 Å². The van der Waals surface area contributed by atoms with E-state index in [-0.39, 0.29) is 16.9 Å². The number of nitrogens with zero attached hydrogens (tertiary/aromatic N) is 3. The van der Waals surface area contributed by atoms with Crippen molar-refractivity contribution in [1.29, 1.82) is 0 Å². The Labute approximate surface area is 207 Å². The van der Waals surface area contributed by atoms with E-state index in [2.05, 4.69) is 22.3 Å². The molecule has 36 heavy (non-hydrogen) atoms. The molecule has 0 aliphatic carbocycles. The number of aromatic nitrogens is 3. The molecule has 0 spiro atoms. The molecule has 9 heteroatoms. The minimum Gasteiger partial charge on any atom is -0.381 e. The molecule has 1 aliphatic rings. The van der Waals surface area contributed by atoms with Gasteiger partial charge in [0.15, 0.2) is 12.1 Å². The summed E-state index contributed by atoms with van der Waals surface area (Å²) in [5.41, 5.74) is 13.1. The van der Waals surface area contributed by atoms with Gasteiger partial charge in [-0.05, 0) is 48.1 Å². The highest BCUT2D eigenvalue weighted by molar-refractivity contribution is 6.02. The number of amides is 1. The Morgan fingerprint density at radius 3 is 2.67 bits per heavy atom. The molecule has 0 unspecified atom stereocenters. The van der Waals surface area contributed by atoms with Crippen molar-refractivity contribution in [2.45, 2.75) is 13.3 Å². The summed E-state index contributed by atoms with van der Waals surface area (Å²) in [4.78, 5) is 34.6. The molecular weight excluding hydrogens is 456 g/mol. The Morgan fingerprint density at radius 2 is 1.97 bits per heavy atom. The number of anilines is 2. The molecule has 9 nitrogen and oxygen atoms in total. The van der Waals surface area contributed by atoms with Crippen molar-refractivity contribution in [3.63, 3.8) is 0 Å². The average molecular weight is 481 g/mol. The third-order valence-corrected chi connectivity index (χ3v) is 5.58. The van der Waals surface area contributed by atoms with E-state index in [4.69, 9.17) is 11.5 Å². The highest BCUT2D eigenvalue weighted by atomic mass is 16.1. The lowest BCUT2D eigenvalue weighted by atomic mass is 10.0. The Morgan fingerprint density at radius 1 is 1.19 bits per heavy atom. The van der Waals surface area contributed by atoms with Gasteiger partial charge in [0.1, 0.15) is 11.4 Å². The number of primary amides is 1. The molecule has 0 saturated heterocycles. The van der Waals surface area contributed by atoms with Crippen molar-refractivity contribution < 1.29 is 9.59 Å². The number of rotatable bonds is 3. The molecule has 0 bridgehead atoms. The maximum Gasteiger partial charge on any atom is 0.264 e. The predicted octanol–water partition coefficient (Wildman–Crippen LogP) is 2.56. The second-order valence-electron chi connectivity index (χ2n) is 7.81. The maximum absolute atomic E-state index is 13.1. The van der Waals surface area contributed by atoms with E-state index < -0.39 is 5.91 Å². The minimum absolute atomic E-state index is 0.110. The average Bonchev–Trinajstić information content (AvgIpc) is 3.24. The first-order valence-electron chi connectivity index (χ1n) is 11.2. The number of para-hydroxylation sites is 1. The molecule has 0 radical (unpaired) electrons. The third kappa shape index (κ3) is 4.60. The van der Waals surface area contributed by atoms with Crippen molar-refractivity contribution in [3.8, 4) is 17.5 Å². The summed E-state index contributed by atoms with van der Waals surface area (Å²) in [5, 5.41) is 8.27. The molecule has 5 rings (SSSR count). The zero-order chi connectivity index (χ0) is 25.7. The lowest BCUT2D eigenvalue weighted by molar-refractivity contribution is -0.103. The topological polar surface area (TPSA) is 138 Å². The van der Waals surface area contributed by atoms with Gasteiger partial charge in [-0.2, -0.15) is 0 Å². The lowest BCUT2D eigenvalue weighted by Gasteiger charge is -2.14. The van der Waals surface area contributed by atoms with Gasteiger partial charge in [-0.1, -0.05) is 43.2 Å². The molecule has 180 valence electrons. The summed E-state index contributed by atoms with van der Waals surface area (Å²) in [6, 6.07) is 17.1.